The molecule has 2 unspecified atom stereocenters. The van der Waals surface area contributed by atoms with Gasteiger partial charge in [0.05, 0.1) is 42.7 Å². The number of halogens is 2. The molecule has 0 spiro atoms. The number of anilines is 2. The van der Waals surface area contributed by atoms with E-state index in [1.807, 2.05) is 6.07 Å². The number of carbonyl (C=O) groups is 1. The second-order valence-corrected chi connectivity index (χ2v) is 7.70. The van der Waals surface area contributed by atoms with Gasteiger partial charge in [-0.1, -0.05) is 11.6 Å². The van der Waals surface area contributed by atoms with Gasteiger partial charge in [-0.25, -0.2) is 9.78 Å². The fourth-order valence-electron chi connectivity index (χ4n) is 3.84. The Morgan fingerprint density at radius 1 is 1.35 bits per heavy atom. The second-order valence-electron chi connectivity index (χ2n) is 7.29. The highest BCUT2D eigenvalue weighted by Crippen LogP contribution is 2.34. The maximum atomic E-state index is 15.1. The number of likely N-dealkylation sites (tertiary alicyclic amines) is 1. The Hall–Kier alpha value is -3.16. The normalized spacial score (nSPS) is 22.4. The van der Waals surface area contributed by atoms with E-state index in [0.717, 1.165) is 0 Å². The van der Waals surface area contributed by atoms with Crippen molar-refractivity contribution in [2.24, 2.45) is 11.8 Å². The van der Waals surface area contributed by atoms with Crippen LogP contribution < -0.4 is 10.1 Å². The molecule has 0 saturated carbocycles. The third-order valence-electron chi connectivity index (χ3n) is 5.29. The third kappa shape index (κ3) is 4.33. The molecule has 1 aromatic carbocycles. The fraction of sp³-hybridized carbons (Fsp3) is 0.400. The minimum atomic E-state index is -0.766. The summed E-state index contributed by atoms with van der Waals surface area (Å²) in [6.07, 6.45) is 0.411. The average molecular weight is 448 g/mol. The van der Waals surface area contributed by atoms with E-state index in [1.54, 1.807) is 17.0 Å². The molecule has 1 aromatic heterocycles. The Morgan fingerprint density at radius 2 is 2.10 bits per heavy atom. The summed E-state index contributed by atoms with van der Waals surface area (Å²) in [5.41, 5.74) is 0.774. The minimum absolute atomic E-state index is 0.106. The van der Waals surface area contributed by atoms with Gasteiger partial charge in [-0.3, -0.25) is 0 Å². The Bertz CT molecular complexity index is 1020. The van der Waals surface area contributed by atoms with Crippen LogP contribution in [0, 0.1) is 29.0 Å². The minimum Gasteiger partial charge on any atom is -0.471 e. The van der Waals surface area contributed by atoms with Crippen LogP contribution in [0.4, 0.5) is 20.7 Å². The van der Waals surface area contributed by atoms with Crippen LogP contribution in [0.25, 0.3) is 0 Å². The number of carbonyl (C=O) groups excluding carboxylic acids is 1. The van der Waals surface area contributed by atoms with Gasteiger partial charge >= 0.3 is 6.09 Å². The molecule has 2 aliphatic heterocycles. The van der Waals surface area contributed by atoms with E-state index in [2.05, 4.69) is 15.3 Å². The summed E-state index contributed by atoms with van der Waals surface area (Å²) in [6.45, 7) is 1.53. The van der Waals surface area contributed by atoms with E-state index in [-0.39, 0.29) is 34.7 Å². The van der Waals surface area contributed by atoms with Crippen molar-refractivity contribution in [1.82, 2.24) is 14.9 Å². The Morgan fingerprint density at radius 3 is 2.74 bits per heavy atom. The molecule has 2 fully saturated rings. The Kier molecular flexibility index (Phi) is 6.06. The lowest BCUT2D eigenvalue weighted by Gasteiger charge is -2.45. The van der Waals surface area contributed by atoms with E-state index < -0.39 is 11.9 Å². The molecule has 4 rings (SSSR count). The molecule has 2 aliphatic rings. The summed E-state index contributed by atoms with van der Waals surface area (Å²) >= 11 is 6.15. The number of fused-ring (bicyclic) bond motifs is 2. The summed E-state index contributed by atoms with van der Waals surface area (Å²) in [5.74, 6) is -1.37. The number of hydrogen-bond donors (Lipinski definition) is 1. The van der Waals surface area contributed by atoms with Crippen LogP contribution in [-0.2, 0) is 9.47 Å². The highest BCUT2D eigenvalue weighted by molar-refractivity contribution is 6.33. The Labute approximate surface area is 182 Å². The Balaban J connectivity index is 1.52. The van der Waals surface area contributed by atoms with Gasteiger partial charge in [0, 0.05) is 24.9 Å². The summed E-state index contributed by atoms with van der Waals surface area (Å²) in [6, 6.07) is 6.57. The summed E-state index contributed by atoms with van der Waals surface area (Å²) in [4.78, 5) is 21.4. The first-order valence-corrected chi connectivity index (χ1v) is 9.92. The molecule has 2 bridgehead atoms. The first-order valence-electron chi connectivity index (χ1n) is 9.54. The SMILES string of the molecule is COC(=O)N1CC2COCC(C1)C2Oc1ncnc(Nc2ccc(C#N)cc2Cl)c1F. The fourth-order valence-corrected chi connectivity index (χ4v) is 4.06. The van der Waals surface area contributed by atoms with Gasteiger partial charge in [-0.05, 0) is 18.2 Å². The number of rotatable bonds is 4. The van der Waals surface area contributed by atoms with Crippen LogP contribution in [0.15, 0.2) is 24.5 Å². The lowest BCUT2D eigenvalue weighted by Crippen LogP contribution is -2.58. The van der Waals surface area contributed by atoms with E-state index >= 15 is 4.39 Å². The molecular weight excluding hydrogens is 429 g/mol. The lowest BCUT2D eigenvalue weighted by atomic mass is 9.84. The molecule has 11 heteroatoms. The summed E-state index contributed by atoms with van der Waals surface area (Å²) in [5, 5.41) is 12.0. The predicted molar refractivity (Wildman–Crippen MR) is 108 cm³/mol. The van der Waals surface area contributed by atoms with Crippen molar-refractivity contribution >= 4 is 29.2 Å². The van der Waals surface area contributed by atoms with Crippen molar-refractivity contribution < 1.29 is 23.4 Å². The number of benzene rings is 1. The largest absolute Gasteiger partial charge is 0.471 e. The number of piperidine rings is 1. The molecule has 0 aliphatic carbocycles. The van der Waals surface area contributed by atoms with Crippen LogP contribution in [0.3, 0.4) is 0 Å². The number of aromatic nitrogens is 2. The number of amides is 1. The highest BCUT2D eigenvalue weighted by atomic mass is 35.5. The zero-order chi connectivity index (χ0) is 22.0. The zero-order valence-corrected chi connectivity index (χ0v) is 17.3. The van der Waals surface area contributed by atoms with Gasteiger partial charge in [-0.15, -0.1) is 0 Å². The molecule has 2 atom stereocenters. The highest BCUT2D eigenvalue weighted by Gasteiger charge is 2.44. The van der Waals surface area contributed by atoms with Crippen LogP contribution in [0.1, 0.15) is 5.56 Å². The van der Waals surface area contributed by atoms with E-state index in [9.17, 15) is 4.79 Å². The molecule has 3 heterocycles. The third-order valence-corrected chi connectivity index (χ3v) is 5.60. The molecule has 0 radical (unpaired) electrons. The predicted octanol–water partition coefficient (Wildman–Crippen LogP) is 2.98. The van der Waals surface area contributed by atoms with E-state index in [4.69, 9.17) is 31.1 Å². The van der Waals surface area contributed by atoms with Gasteiger partial charge in [0.1, 0.15) is 12.4 Å². The zero-order valence-electron chi connectivity index (χ0n) is 16.5. The maximum Gasteiger partial charge on any atom is 0.409 e. The quantitative estimate of drug-likeness (QED) is 0.761. The standard InChI is InChI=1S/C20H19ClFN5O4/c1-29-20(28)27-6-12-8-30-9-13(7-27)17(12)31-19-16(22)18(24-10-25-19)26-15-3-2-11(5-23)4-14(15)21/h2-4,10,12-13,17H,6-9H2,1H3,(H,24,25,26). The van der Waals surface area contributed by atoms with Crippen molar-refractivity contribution in [1.29, 1.82) is 5.26 Å². The van der Waals surface area contributed by atoms with Crippen LogP contribution >= 0.6 is 11.6 Å². The molecule has 31 heavy (non-hydrogen) atoms. The van der Waals surface area contributed by atoms with Crippen LogP contribution in [0.5, 0.6) is 5.88 Å². The number of hydrogen-bond acceptors (Lipinski definition) is 8. The first kappa shape index (κ1) is 21.1. The van der Waals surface area contributed by atoms with Gasteiger partial charge in [0.2, 0.25) is 5.82 Å². The van der Waals surface area contributed by atoms with Crippen LogP contribution in [-0.4, -0.2) is 60.5 Å². The van der Waals surface area contributed by atoms with Gasteiger partial charge in [-0.2, -0.15) is 14.6 Å². The molecular formula is C20H19ClFN5O4. The van der Waals surface area contributed by atoms with Crippen molar-refractivity contribution in [3.05, 3.63) is 40.9 Å². The maximum absolute atomic E-state index is 15.1. The smallest absolute Gasteiger partial charge is 0.409 e. The number of ether oxygens (including phenoxy) is 3. The van der Waals surface area contributed by atoms with Crippen molar-refractivity contribution in [2.45, 2.75) is 6.10 Å². The lowest BCUT2D eigenvalue weighted by molar-refractivity contribution is -0.110. The molecule has 2 saturated heterocycles. The van der Waals surface area contributed by atoms with Gasteiger partial charge < -0.3 is 24.4 Å². The van der Waals surface area contributed by atoms with Gasteiger partial charge in [0.25, 0.3) is 5.88 Å². The molecule has 2 aromatic rings. The number of methoxy groups -OCH3 is 1. The molecule has 162 valence electrons. The molecule has 1 amide bonds. The summed E-state index contributed by atoms with van der Waals surface area (Å²) in [7, 11) is 1.34. The van der Waals surface area contributed by atoms with Gasteiger partial charge in [0.15, 0.2) is 5.82 Å². The van der Waals surface area contributed by atoms with Crippen LogP contribution in [0.2, 0.25) is 5.02 Å². The van der Waals surface area contributed by atoms with E-state index in [0.29, 0.717) is 37.6 Å². The van der Waals surface area contributed by atoms with Crippen molar-refractivity contribution in [2.75, 3.05) is 38.7 Å². The topological polar surface area (TPSA) is 110 Å². The second kappa shape index (κ2) is 8.91. The number of nitrogens with zero attached hydrogens (tertiary/aromatic N) is 4. The average Bonchev–Trinajstić information content (AvgIpc) is 2.76. The number of nitriles is 1. The van der Waals surface area contributed by atoms with E-state index in [1.165, 1.54) is 19.5 Å². The first-order chi connectivity index (χ1) is 15.0. The molecule has 1 N–H and O–H groups in total. The van der Waals surface area contributed by atoms with Crippen molar-refractivity contribution in [3.63, 3.8) is 0 Å². The summed E-state index contributed by atoms with van der Waals surface area (Å²) < 4.78 is 31.5. The van der Waals surface area contributed by atoms with Crippen molar-refractivity contribution in [3.8, 4) is 11.9 Å². The molecule has 9 nitrogen and oxygen atoms in total. The number of nitrogens with one attached hydrogen (secondary N) is 1. The monoisotopic (exact) mass is 447 g/mol.